The lowest BCUT2D eigenvalue weighted by atomic mass is 9.97. The summed E-state index contributed by atoms with van der Waals surface area (Å²) in [5.74, 6) is -0.380. The Hall–Kier alpha value is -4.78. The summed E-state index contributed by atoms with van der Waals surface area (Å²) >= 11 is 0. The van der Waals surface area contributed by atoms with Crippen molar-refractivity contribution in [1.29, 1.82) is 0 Å². The monoisotopic (exact) mass is 558 g/mol. The van der Waals surface area contributed by atoms with E-state index in [0.717, 1.165) is 60.2 Å². The highest BCUT2D eigenvalue weighted by Crippen LogP contribution is 2.30. The molecule has 2 atom stereocenters. The summed E-state index contributed by atoms with van der Waals surface area (Å²) in [4.78, 5) is 37.8. The minimum absolute atomic E-state index is 0.0412. The number of hydrogen-bond acceptors (Lipinski definition) is 6. The summed E-state index contributed by atoms with van der Waals surface area (Å²) in [6.45, 7) is 2.79. The first-order valence-corrected chi connectivity index (χ1v) is 14.7. The maximum Gasteiger partial charge on any atom is 0.266 e. The van der Waals surface area contributed by atoms with Crippen LogP contribution in [0.5, 0.6) is 0 Å². The number of piperidine rings is 1. The van der Waals surface area contributed by atoms with Crippen LogP contribution < -0.4 is 10.2 Å². The molecule has 0 bridgehead atoms. The standard InChI is InChI=1S/C35H34N4O3/c1-2-8-30(33(40)35-38-29-10-3-4-12-32(29)42-35)37-34(41)31-11-5-6-22-39(31)28-19-17-25(18-20-28)24-13-15-26(16-14-24)27-9-7-21-36-23-27/h3-4,7,9-10,12-21,23,30-31H,2,5-6,8,11,22H2,1H3,(H,37,41). The SMILES string of the molecule is CCCC(NC(=O)C1CCCCN1c1ccc(-c2ccc(-c3cccnc3)cc2)cc1)C(=O)c1nc2ccccc2o1. The highest BCUT2D eigenvalue weighted by atomic mass is 16.4. The van der Waals surface area contributed by atoms with Gasteiger partial charge in [0.1, 0.15) is 11.6 Å². The van der Waals surface area contributed by atoms with Crippen LogP contribution in [0.15, 0.2) is 102 Å². The van der Waals surface area contributed by atoms with Crippen molar-refractivity contribution in [2.45, 2.75) is 51.1 Å². The average molecular weight is 559 g/mol. The van der Waals surface area contributed by atoms with Crippen LogP contribution in [0.25, 0.3) is 33.4 Å². The molecule has 0 aliphatic carbocycles. The second-order valence-corrected chi connectivity index (χ2v) is 10.8. The van der Waals surface area contributed by atoms with Crippen molar-refractivity contribution >= 4 is 28.5 Å². The Labute approximate surface area is 245 Å². The van der Waals surface area contributed by atoms with Gasteiger partial charge in [-0.25, -0.2) is 4.98 Å². The van der Waals surface area contributed by atoms with Crippen molar-refractivity contribution in [3.8, 4) is 22.3 Å². The first kappa shape index (κ1) is 27.4. The first-order valence-electron chi connectivity index (χ1n) is 14.7. The minimum atomic E-state index is -0.684. The molecule has 2 aromatic heterocycles. The number of fused-ring (bicyclic) bond motifs is 1. The topological polar surface area (TPSA) is 88.3 Å². The predicted molar refractivity (Wildman–Crippen MR) is 165 cm³/mol. The zero-order chi connectivity index (χ0) is 28.9. The van der Waals surface area contributed by atoms with E-state index in [9.17, 15) is 9.59 Å². The van der Waals surface area contributed by atoms with Crippen LogP contribution in [0.4, 0.5) is 5.69 Å². The van der Waals surface area contributed by atoms with Crippen LogP contribution in [-0.2, 0) is 4.79 Å². The quantitative estimate of drug-likeness (QED) is 0.195. The molecule has 0 radical (unpaired) electrons. The molecular weight excluding hydrogens is 524 g/mol. The van der Waals surface area contributed by atoms with Crippen LogP contribution in [0.1, 0.15) is 49.7 Å². The molecule has 7 nitrogen and oxygen atoms in total. The fourth-order valence-corrected chi connectivity index (χ4v) is 5.70. The molecule has 1 aliphatic heterocycles. The molecule has 1 fully saturated rings. The van der Waals surface area contributed by atoms with Crippen LogP contribution in [0.3, 0.4) is 0 Å². The van der Waals surface area contributed by atoms with Crippen molar-refractivity contribution in [3.63, 3.8) is 0 Å². The molecular formula is C35H34N4O3. The van der Waals surface area contributed by atoms with E-state index >= 15 is 0 Å². The zero-order valence-electron chi connectivity index (χ0n) is 23.7. The number of nitrogens with one attached hydrogen (secondary N) is 1. The van der Waals surface area contributed by atoms with E-state index in [1.54, 1.807) is 12.3 Å². The molecule has 0 spiro atoms. The van der Waals surface area contributed by atoms with Crippen molar-refractivity contribution in [1.82, 2.24) is 15.3 Å². The Morgan fingerprint density at radius 1 is 0.905 bits per heavy atom. The Morgan fingerprint density at radius 3 is 2.31 bits per heavy atom. The largest absolute Gasteiger partial charge is 0.434 e. The number of carbonyl (C=O) groups is 2. The van der Waals surface area contributed by atoms with Crippen LogP contribution in [-0.4, -0.2) is 40.3 Å². The number of hydrogen-bond donors (Lipinski definition) is 1. The summed E-state index contributed by atoms with van der Waals surface area (Å²) in [6, 6.07) is 27.1. The zero-order valence-corrected chi connectivity index (χ0v) is 23.7. The van der Waals surface area contributed by atoms with E-state index in [0.29, 0.717) is 17.5 Å². The maximum absolute atomic E-state index is 13.7. The number of para-hydroxylation sites is 2. The lowest BCUT2D eigenvalue weighted by Gasteiger charge is -2.37. The molecule has 7 heteroatoms. The van der Waals surface area contributed by atoms with Gasteiger partial charge in [-0.05, 0) is 78.3 Å². The van der Waals surface area contributed by atoms with Gasteiger partial charge in [-0.15, -0.1) is 0 Å². The van der Waals surface area contributed by atoms with Crippen molar-refractivity contribution in [3.05, 3.63) is 103 Å². The smallest absolute Gasteiger partial charge is 0.266 e. The van der Waals surface area contributed by atoms with Gasteiger partial charge in [0, 0.05) is 24.6 Å². The maximum atomic E-state index is 13.7. The summed E-state index contributed by atoms with van der Waals surface area (Å²) in [5, 5.41) is 3.05. The van der Waals surface area contributed by atoms with E-state index in [-0.39, 0.29) is 23.6 Å². The van der Waals surface area contributed by atoms with Crippen LogP contribution >= 0.6 is 0 Å². The number of Topliss-reactive ketones (excluding diaryl/α,β-unsaturated/α-hetero) is 1. The summed E-state index contributed by atoms with van der Waals surface area (Å²) in [5.41, 5.74) is 6.65. The van der Waals surface area contributed by atoms with Crippen molar-refractivity contribution in [2.75, 3.05) is 11.4 Å². The number of amides is 1. The summed E-state index contributed by atoms with van der Waals surface area (Å²) in [7, 11) is 0. The lowest BCUT2D eigenvalue weighted by Crippen LogP contribution is -2.53. The first-order chi connectivity index (χ1) is 20.6. The second kappa shape index (κ2) is 12.4. The molecule has 1 N–H and O–H groups in total. The molecule has 2 unspecified atom stereocenters. The predicted octanol–water partition coefficient (Wildman–Crippen LogP) is 7.08. The number of benzene rings is 3. The normalized spacial score (nSPS) is 15.8. The number of carbonyl (C=O) groups excluding carboxylic acids is 2. The number of oxazole rings is 1. The molecule has 1 aliphatic rings. The van der Waals surface area contributed by atoms with E-state index in [1.807, 2.05) is 37.4 Å². The van der Waals surface area contributed by atoms with E-state index in [4.69, 9.17) is 4.42 Å². The number of pyridine rings is 1. The highest BCUT2D eigenvalue weighted by molar-refractivity contribution is 6.01. The van der Waals surface area contributed by atoms with Crippen LogP contribution in [0, 0.1) is 0 Å². The van der Waals surface area contributed by atoms with Gasteiger partial charge in [-0.2, -0.15) is 0 Å². The third-order valence-corrected chi connectivity index (χ3v) is 7.93. The van der Waals surface area contributed by atoms with E-state index in [2.05, 4.69) is 74.8 Å². The Bertz CT molecular complexity index is 1630. The molecule has 6 rings (SSSR count). The molecule has 212 valence electrons. The van der Waals surface area contributed by atoms with Gasteiger partial charge in [0.2, 0.25) is 11.7 Å². The molecule has 3 heterocycles. The fraction of sp³-hybridized carbons (Fsp3) is 0.257. The number of rotatable bonds is 9. The fourth-order valence-electron chi connectivity index (χ4n) is 5.70. The summed E-state index contributed by atoms with van der Waals surface area (Å²) in [6.07, 6.45) is 7.62. The second-order valence-electron chi connectivity index (χ2n) is 10.8. The van der Waals surface area contributed by atoms with E-state index < -0.39 is 6.04 Å². The minimum Gasteiger partial charge on any atom is -0.434 e. The van der Waals surface area contributed by atoms with Gasteiger partial charge >= 0.3 is 0 Å². The highest BCUT2D eigenvalue weighted by Gasteiger charge is 2.33. The molecule has 1 amide bonds. The molecule has 3 aromatic carbocycles. The number of ketones is 1. The van der Waals surface area contributed by atoms with Gasteiger partial charge in [-0.3, -0.25) is 14.6 Å². The van der Waals surface area contributed by atoms with Crippen molar-refractivity contribution < 1.29 is 14.0 Å². The molecule has 42 heavy (non-hydrogen) atoms. The Morgan fingerprint density at radius 2 is 1.62 bits per heavy atom. The van der Waals surface area contributed by atoms with Gasteiger partial charge in [0.15, 0.2) is 5.58 Å². The number of anilines is 1. The summed E-state index contributed by atoms with van der Waals surface area (Å²) < 4.78 is 5.73. The van der Waals surface area contributed by atoms with Gasteiger partial charge in [-0.1, -0.05) is 67.9 Å². The van der Waals surface area contributed by atoms with Gasteiger partial charge in [0.25, 0.3) is 5.89 Å². The average Bonchev–Trinajstić information content (AvgIpc) is 3.49. The van der Waals surface area contributed by atoms with Gasteiger partial charge < -0.3 is 14.6 Å². The van der Waals surface area contributed by atoms with E-state index in [1.165, 1.54) is 0 Å². The Balaban J connectivity index is 1.16. The number of aromatic nitrogens is 2. The third kappa shape index (κ3) is 5.81. The van der Waals surface area contributed by atoms with Gasteiger partial charge in [0.05, 0.1) is 6.04 Å². The van der Waals surface area contributed by atoms with Crippen molar-refractivity contribution in [2.24, 2.45) is 0 Å². The molecule has 1 saturated heterocycles. The number of nitrogens with zero attached hydrogens (tertiary/aromatic N) is 3. The molecule has 5 aromatic rings. The van der Waals surface area contributed by atoms with Crippen LogP contribution in [0.2, 0.25) is 0 Å². The Kier molecular flexibility index (Phi) is 8.08. The molecule has 0 saturated carbocycles. The lowest BCUT2D eigenvalue weighted by molar-refractivity contribution is -0.123. The third-order valence-electron chi connectivity index (χ3n) is 7.93.